The van der Waals surface area contributed by atoms with Crippen LogP contribution in [0.1, 0.15) is 0 Å². The van der Waals surface area contributed by atoms with Crippen LogP contribution in [0, 0.1) is 11.6 Å². The van der Waals surface area contributed by atoms with Crippen molar-refractivity contribution in [1.29, 1.82) is 0 Å². The molecule has 0 saturated heterocycles. The SMILES string of the molecule is Nc1cc(F)cc(F)c1NC(=O)Nc1ccccc1. The minimum Gasteiger partial charge on any atom is -0.397 e. The summed E-state index contributed by atoms with van der Waals surface area (Å²) in [6.45, 7) is 0. The van der Waals surface area contributed by atoms with E-state index < -0.39 is 17.7 Å². The highest BCUT2D eigenvalue weighted by Gasteiger charge is 2.12. The average molecular weight is 263 g/mol. The summed E-state index contributed by atoms with van der Waals surface area (Å²) in [5.41, 5.74) is 5.55. The highest BCUT2D eigenvalue weighted by atomic mass is 19.1. The predicted octanol–water partition coefficient (Wildman–Crippen LogP) is 3.19. The van der Waals surface area contributed by atoms with Crippen molar-refractivity contribution in [3.63, 3.8) is 0 Å². The van der Waals surface area contributed by atoms with E-state index in [0.717, 1.165) is 6.07 Å². The van der Waals surface area contributed by atoms with Crippen molar-refractivity contribution in [3.05, 3.63) is 54.1 Å². The lowest BCUT2D eigenvalue weighted by Crippen LogP contribution is -2.21. The summed E-state index contributed by atoms with van der Waals surface area (Å²) in [5.74, 6) is -1.73. The van der Waals surface area contributed by atoms with E-state index in [4.69, 9.17) is 5.73 Å². The average Bonchev–Trinajstić information content (AvgIpc) is 2.35. The van der Waals surface area contributed by atoms with Gasteiger partial charge in [0.15, 0.2) is 5.82 Å². The number of carbonyl (C=O) groups excluding carboxylic acids is 1. The molecule has 0 atom stereocenters. The Kier molecular flexibility index (Phi) is 3.61. The van der Waals surface area contributed by atoms with Crippen LogP contribution in [0.15, 0.2) is 42.5 Å². The van der Waals surface area contributed by atoms with Crippen LogP contribution < -0.4 is 16.4 Å². The van der Waals surface area contributed by atoms with Gasteiger partial charge in [-0.25, -0.2) is 13.6 Å². The fraction of sp³-hybridized carbons (Fsp3) is 0. The molecule has 0 fully saturated rings. The van der Waals surface area contributed by atoms with Crippen LogP contribution in [0.25, 0.3) is 0 Å². The Morgan fingerprint density at radius 3 is 2.37 bits per heavy atom. The van der Waals surface area contributed by atoms with Crippen LogP contribution >= 0.6 is 0 Å². The van der Waals surface area contributed by atoms with E-state index in [2.05, 4.69) is 10.6 Å². The van der Waals surface area contributed by atoms with Gasteiger partial charge in [0.2, 0.25) is 0 Å². The van der Waals surface area contributed by atoms with E-state index in [0.29, 0.717) is 11.8 Å². The van der Waals surface area contributed by atoms with Crippen LogP contribution in [0.2, 0.25) is 0 Å². The largest absolute Gasteiger partial charge is 0.397 e. The first kappa shape index (κ1) is 12.8. The molecule has 0 aliphatic carbocycles. The molecule has 0 saturated carbocycles. The summed E-state index contributed by atoms with van der Waals surface area (Å²) >= 11 is 0. The smallest absolute Gasteiger partial charge is 0.323 e. The number of urea groups is 1. The number of nitrogens with two attached hydrogens (primary N) is 1. The second kappa shape index (κ2) is 5.34. The van der Waals surface area contributed by atoms with E-state index in [-0.39, 0.29) is 11.4 Å². The molecule has 4 nitrogen and oxygen atoms in total. The maximum atomic E-state index is 13.4. The van der Waals surface area contributed by atoms with Crippen molar-refractivity contribution in [2.45, 2.75) is 0 Å². The zero-order valence-corrected chi connectivity index (χ0v) is 9.78. The number of hydrogen-bond acceptors (Lipinski definition) is 2. The van der Waals surface area contributed by atoms with Crippen molar-refractivity contribution in [2.24, 2.45) is 0 Å². The summed E-state index contributed by atoms with van der Waals surface area (Å²) in [6, 6.07) is 9.53. The van der Waals surface area contributed by atoms with Crippen molar-refractivity contribution >= 4 is 23.1 Å². The third kappa shape index (κ3) is 3.19. The molecule has 0 unspecified atom stereocenters. The first-order chi connectivity index (χ1) is 9.06. The molecular weight excluding hydrogens is 252 g/mol. The molecule has 19 heavy (non-hydrogen) atoms. The molecule has 0 radical (unpaired) electrons. The Morgan fingerprint density at radius 2 is 1.74 bits per heavy atom. The molecule has 0 aliphatic heterocycles. The molecule has 0 aliphatic rings. The van der Waals surface area contributed by atoms with Gasteiger partial charge in [0.1, 0.15) is 11.5 Å². The molecule has 0 aromatic heterocycles. The van der Waals surface area contributed by atoms with Gasteiger partial charge in [-0.3, -0.25) is 0 Å². The lowest BCUT2D eigenvalue weighted by atomic mass is 10.2. The van der Waals surface area contributed by atoms with Gasteiger partial charge in [0.25, 0.3) is 0 Å². The lowest BCUT2D eigenvalue weighted by molar-refractivity contribution is 0.262. The monoisotopic (exact) mass is 263 g/mol. The molecule has 2 aromatic carbocycles. The topological polar surface area (TPSA) is 67.1 Å². The van der Waals surface area contributed by atoms with E-state index in [9.17, 15) is 13.6 Å². The van der Waals surface area contributed by atoms with Crippen molar-refractivity contribution in [3.8, 4) is 0 Å². The van der Waals surface area contributed by atoms with Crippen LogP contribution in [0.3, 0.4) is 0 Å². The Bertz CT molecular complexity index is 579. The third-order valence-corrected chi connectivity index (χ3v) is 2.36. The maximum Gasteiger partial charge on any atom is 0.323 e. The first-order valence-corrected chi connectivity index (χ1v) is 5.44. The van der Waals surface area contributed by atoms with Gasteiger partial charge >= 0.3 is 6.03 Å². The first-order valence-electron chi connectivity index (χ1n) is 5.44. The zero-order chi connectivity index (χ0) is 13.8. The number of carbonyl (C=O) groups is 1. The Hall–Kier alpha value is -2.63. The van der Waals surface area contributed by atoms with Gasteiger partial charge in [-0.1, -0.05) is 18.2 Å². The molecule has 2 rings (SSSR count). The number of nitrogens with one attached hydrogen (secondary N) is 2. The fourth-order valence-electron chi connectivity index (χ4n) is 1.52. The standard InChI is InChI=1S/C13H11F2N3O/c14-8-6-10(15)12(11(16)7-8)18-13(19)17-9-4-2-1-3-5-9/h1-7H,16H2,(H2,17,18,19). The number of rotatable bonds is 2. The predicted molar refractivity (Wildman–Crippen MR) is 69.9 cm³/mol. The van der Waals surface area contributed by atoms with E-state index in [1.807, 2.05) is 0 Å². The number of para-hydroxylation sites is 1. The molecule has 2 aromatic rings. The number of halogens is 2. The molecule has 0 heterocycles. The summed E-state index contributed by atoms with van der Waals surface area (Å²) < 4.78 is 26.3. The number of anilines is 3. The van der Waals surface area contributed by atoms with E-state index >= 15 is 0 Å². The lowest BCUT2D eigenvalue weighted by Gasteiger charge is -2.10. The molecular formula is C13H11F2N3O. The fourth-order valence-corrected chi connectivity index (χ4v) is 1.52. The Balaban J connectivity index is 2.12. The van der Waals surface area contributed by atoms with Crippen molar-refractivity contribution in [1.82, 2.24) is 0 Å². The molecule has 0 bridgehead atoms. The molecule has 4 N–H and O–H groups in total. The molecule has 2 amide bonds. The summed E-state index contributed by atoms with van der Waals surface area (Å²) in [4.78, 5) is 11.6. The van der Waals surface area contributed by atoms with Gasteiger partial charge in [0.05, 0.1) is 5.69 Å². The van der Waals surface area contributed by atoms with Crippen molar-refractivity contribution < 1.29 is 13.6 Å². The van der Waals surface area contributed by atoms with E-state index in [1.165, 1.54) is 0 Å². The number of nitrogen functional groups attached to an aromatic ring is 1. The molecule has 6 heteroatoms. The Morgan fingerprint density at radius 1 is 1.05 bits per heavy atom. The highest BCUT2D eigenvalue weighted by molar-refractivity contribution is 6.01. The van der Waals surface area contributed by atoms with Crippen LogP contribution in [0.4, 0.5) is 30.6 Å². The molecule has 0 spiro atoms. The van der Waals surface area contributed by atoms with Gasteiger partial charge in [-0.15, -0.1) is 0 Å². The van der Waals surface area contributed by atoms with Gasteiger partial charge in [-0.05, 0) is 18.2 Å². The minimum absolute atomic E-state index is 0.180. The Labute approximate surface area is 108 Å². The number of amides is 2. The summed E-state index contributed by atoms with van der Waals surface area (Å²) in [6.07, 6.45) is 0. The highest BCUT2D eigenvalue weighted by Crippen LogP contribution is 2.23. The van der Waals surface area contributed by atoms with Gasteiger partial charge in [0, 0.05) is 11.8 Å². The summed E-state index contributed by atoms with van der Waals surface area (Å²) in [5, 5.41) is 4.73. The van der Waals surface area contributed by atoms with Crippen LogP contribution in [0.5, 0.6) is 0 Å². The maximum absolute atomic E-state index is 13.4. The van der Waals surface area contributed by atoms with Gasteiger partial charge < -0.3 is 16.4 Å². The quantitative estimate of drug-likeness (QED) is 0.728. The van der Waals surface area contributed by atoms with Crippen LogP contribution in [-0.4, -0.2) is 6.03 Å². The summed E-state index contributed by atoms with van der Waals surface area (Å²) in [7, 11) is 0. The number of hydrogen-bond donors (Lipinski definition) is 3. The van der Waals surface area contributed by atoms with Crippen LogP contribution in [-0.2, 0) is 0 Å². The van der Waals surface area contributed by atoms with Gasteiger partial charge in [-0.2, -0.15) is 0 Å². The zero-order valence-electron chi connectivity index (χ0n) is 9.78. The van der Waals surface area contributed by atoms with E-state index in [1.54, 1.807) is 30.3 Å². The second-order valence-corrected chi connectivity index (χ2v) is 3.80. The normalized spacial score (nSPS) is 10.0. The van der Waals surface area contributed by atoms with Crippen molar-refractivity contribution in [2.75, 3.05) is 16.4 Å². The second-order valence-electron chi connectivity index (χ2n) is 3.80. The molecule has 98 valence electrons. The minimum atomic E-state index is -0.930. The number of benzene rings is 2. The third-order valence-electron chi connectivity index (χ3n) is 2.36.